The van der Waals surface area contributed by atoms with E-state index in [9.17, 15) is 23.1 Å². The third kappa shape index (κ3) is 7.38. The van der Waals surface area contributed by atoms with E-state index in [-0.39, 0.29) is 36.1 Å². The number of carbonyl (C=O) groups is 1. The van der Waals surface area contributed by atoms with Crippen LogP contribution in [0.1, 0.15) is 22.3 Å². The first-order chi connectivity index (χ1) is 18.5. The number of benzene rings is 2. The van der Waals surface area contributed by atoms with Crippen LogP contribution >= 0.6 is 35.6 Å². The lowest BCUT2D eigenvalue weighted by Gasteiger charge is -2.28. The quantitative estimate of drug-likeness (QED) is 0.262. The number of fused-ring (bicyclic) bond motifs is 1. The minimum absolute atomic E-state index is 0. The summed E-state index contributed by atoms with van der Waals surface area (Å²) in [5, 5.41) is 13.7. The van der Waals surface area contributed by atoms with Crippen LogP contribution in [0, 0.1) is 0 Å². The molecule has 1 aromatic heterocycles. The van der Waals surface area contributed by atoms with Gasteiger partial charge in [-0.25, -0.2) is 14.3 Å². The maximum atomic E-state index is 13.4. The topological polar surface area (TPSA) is 144 Å². The van der Waals surface area contributed by atoms with Gasteiger partial charge in [0.1, 0.15) is 5.58 Å². The van der Waals surface area contributed by atoms with Gasteiger partial charge in [-0.05, 0) is 34.9 Å². The van der Waals surface area contributed by atoms with Crippen LogP contribution < -0.4 is 20.4 Å². The number of nitrogens with zero attached hydrogens (tertiary/aromatic N) is 2. The summed E-state index contributed by atoms with van der Waals surface area (Å²) in [6.45, 7) is 3.64. The van der Waals surface area contributed by atoms with Crippen LogP contribution in [-0.4, -0.2) is 69.7 Å². The highest BCUT2D eigenvalue weighted by Crippen LogP contribution is 2.32. The first-order valence-electron chi connectivity index (χ1n) is 12.1. The highest BCUT2D eigenvalue weighted by atomic mass is 35.5. The fourth-order valence-corrected chi connectivity index (χ4v) is 5.52. The maximum absolute atomic E-state index is 13.4. The van der Waals surface area contributed by atoms with Crippen molar-refractivity contribution < 1.29 is 22.7 Å². The summed E-state index contributed by atoms with van der Waals surface area (Å²) in [4.78, 5) is 28.0. The Morgan fingerprint density at radius 1 is 1.18 bits per heavy atom. The molecule has 2 aromatic carbocycles. The zero-order valence-corrected chi connectivity index (χ0v) is 24.9. The molecule has 0 atom stereocenters. The van der Waals surface area contributed by atoms with Gasteiger partial charge in [0.2, 0.25) is 0 Å². The molecule has 0 unspecified atom stereocenters. The Morgan fingerprint density at radius 2 is 1.88 bits per heavy atom. The van der Waals surface area contributed by atoms with E-state index in [1.807, 2.05) is 0 Å². The minimum atomic E-state index is -3.80. The SMILES string of the molecule is CNS(=O)(=O)Nc1cccc(Cc2c(CN3CCNCC3)c3cc(Cl)c(CN(C)C(=O)O)cc3oc2=O)c1Cl.Cl. The third-order valence-electron chi connectivity index (χ3n) is 6.57. The molecule has 3 aromatic rings. The summed E-state index contributed by atoms with van der Waals surface area (Å²) >= 11 is 13.2. The highest BCUT2D eigenvalue weighted by Gasteiger charge is 2.22. The molecule has 15 heteroatoms. The Morgan fingerprint density at radius 3 is 2.52 bits per heavy atom. The van der Waals surface area contributed by atoms with Crippen LogP contribution in [0.2, 0.25) is 10.0 Å². The van der Waals surface area contributed by atoms with Crippen molar-refractivity contribution in [2.45, 2.75) is 19.5 Å². The average Bonchev–Trinajstić information content (AvgIpc) is 2.89. The van der Waals surface area contributed by atoms with Gasteiger partial charge in [0, 0.05) is 69.2 Å². The summed E-state index contributed by atoms with van der Waals surface area (Å²) < 4.78 is 34.3. The van der Waals surface area contributed by atoms with Crippen LogP contribution in [-0.2, 0) is 29.7 Å². The number of carboxylic acid groups (broad SMARTS) is 1. The number of nitrogens with one attached hydrogen (secondary N) is 3. The van der Waals surface area contributed by atoms with E-state index in [4.69, 9.17) is 27.6 Å². The van der Waals surface area contributed by atoms with Gasteiger partial charge in [-0.3, -0.25) is 9.62 Å². The Bertz CT molecular complexity index is 1560. The second-order valence-electron chi connectivity index (χ2n) is 9.22. The van der Waals surface area contributed by atoms with Crippen LogP contribution in [0.25, 0.3) is 11.0 Å². The predicted octanol–water partition coefficient (Wildman–Crippen LogP) is 3.50. The van der Waals surface area contributed by atoms with Gasteiger partial charge in [0.15, 0.2) is 0 Å². The maximum Gasteiger partial charge on any atom is 0.407 e. The largest absolute Gasteiger partial charge is 0.465 e. The molecule has 0 aliphatic carbocycles. The minimum Gasteiger partial charge on any atom is -0.465 e. The normalized spacial score (nSPS) is 14.1. The lowest BCUT2D eigenvalue weighted by Crippen LogP contribution is -2.43. The van der Waals surface area contributed by atoms with E-state index < -0.39 is 21.9 Å². The molecule has 0 bridgehead atoms. The summed E-state index contributed by atoms with van der Waals surface area (Å²) in [5.74, 6) is 0. The van der Waals surface area contributed by atoms with Crippen LogP contribution in [0.4, 0.5) is 10.5 Å². The molecule has 4 N–H and O–H groups in total. The molecular weight excluding hydrogens is 605 g/mol. The molecule has 1 aliphatic heterocycles. The van der Waals surface area contributed by atoms with E-state index in [1.54, 1.807) is 24.3 Å². The standard InChI is InChI=1S/C25H29Cl2N5O6S.ClH/c1-28-39(36,37)30-21-5-3-4-15(23(21)27)10-18-19(14-32-8-6-29-7-9-32)17-12-20(26)16(13-31(2)25(34)35)11-22(17)38-24(18)33;/h3-5,11-12,28-30H,6-10,13-14H2,1-2H3,(H,34,35);1H. The second kappa shape index (κ2) is 13.4. The Balaban J connectivity index is 0.00000441. The summed E-state index contributed by atoms with van der Waals surface area (Å²) in [7, 11) is -1.10. The zero-order valence-electron chi connectivity index (χ0n) is 21.8. The molecule has 1 fully saturated rings. The number of piperazine rings is 1. The van der Waals surface area contributed by atoms with Crippen molar-refractivity contribution in [3.05, 3.63) is 73.1 Å². The van der Waals surface area contributed by atoms with Crippen LogP contribution in [0.15, 0.2) is 39.5 Å². The fourth-order valence-electron chi connectivity index (χ4n) is 4.44. The molecule has 11 nitrogen and oxygen atoms in total. The van der Waals surface area contributed by atoms with Crippen molar-refractivity contribution in [2.24, 2.45) is 0 Å². The molecule has 40 heavy (non-hydrogen) atoms. The van der Waals surface area contributed by atoms with Crippen molar-refractivity contribution in [1.29, 1.82) is 0 Å². The van der Waals surface area contributed by atoms with Crippen molar-refractivity contribution in [2.75, 3.05) is 45.0 Å². The second-order valence-corrected chi connectivity index (χ2v) is 11.6. The molecular formula is C25H30Cl3N5O6S. The van der Waals surface area contributed by atoms with Gasteiger partial charge < -0.3 is 19.7 Å². The number of rotatable bonds is 9. The van der Waals surface area contributed by atoms with E-state index in [1.165, 1.54) is 20.2 Å². The predicted molar refractivity (Wildman–Crippen MR) is 158 cm³/mol. The number of anilines is 1. The molecule has 0 saturated carbocycles. The van der Waals surface area contributed by atoms with E-state index >= 15 is 0 Å². The van der Waals surface area contributed by atoms with Crippen LogP contribution in [0.5, 0.6) is 0 Å². The van der Waals surface area contributed by atoms with Gasteiger partial charge in [0.25, 0.3) is 10.2 Å². The number of hydrogen-bond donors (Lipinski definition) is 4. The van der Waals surface area contributed by atoms with Crippen LogP contribution in [0.3, 0.4) is 0 Å². The smallest absolute Gasteiger partial charge is 0.407 e. The molecule has 1 aliphatic rings. The summed E-state index contributed by atoms with van der Waals surface area (Å²) in [6, 6.07) is 8.19. The fraction of sp³-hybridized carbons (Fsp3) is 0.360. The molecule has 2 heterocycles. The number of hydrogen-bond acceptors (Lipinski definition) is 7. The molecule has 0 radical (unpaired) electrons. The van der Waals surface area contributed by atoms with E-state index in [0.29, 0.717) is 39.2 Å². The van der Waals surface area contributed by atoms with Gasteiger partial charge in [-0.15, -0.1) is 12.4 Å². The van der Waals surface area contributed by atoms with Gasteiger partial charge >= 0.3 is 11.7 Å². The highest BCUT2D eigenvalue weighted by molar-refractivity contribution is 7.90. The Labute approximate surface area is 248 Å². The van der Waals surface area contributed by atoms with Crippen molar-refractivity contribution in [1.82, 2.24) is 19.8 Å². The number of halogens is 3. The monoisotopic (exact) mass is 633 g/mol. The van der Waals surface area contributed by atoms with E-state index in [0.717, 1.165) is 36.6 Å². The van der Waals surface area contributed by atoms with Crippen molar-refractivity contribution in [3.63, 3.8) is 0 Å². The first-order valence-corrected chi connectivity index (χ1v) is 14.4. The third-order valence-corrected chi connectivity index (χ3v) is 8.40. The molecule has 218 valence electrons. The lowest BCUT2D eigenvalue weighted by atomic mass is 9.96. The van der Waals surface area contributed by atoms with Gasteiger partial charge in [-0.1, -0.05) is 35.3 Å². The molecule has 4 rings (SSSR count). The van der Waals surface area contributed by atoms with Gasteiger partial charge in [0.05, 0.1) is 17.3 Å². The number of amides is 1. The lowest BCUT2D eigenvalue weighted by molar-refractivity contribution is 0.154. The molecule has 0 spiro atoms. The average molecular weight is 635 g/mol. The Hall–Kier alpha value is -2.58. The molecule has 1 amide bonds. The summed E-state index contributed by atoms with van der Waals surface area (Å²) in [6.07, 6.45) is -1.02. The van der Waals surface area contributed by atoms with Gasteiger partial charge in [-0.2, -0.15) is 8.42 Å². The van der Waals surface area contributed by atoms with Crippen molar-refractivity contribution >= 4 is 68.6 Å². The Kier molecular flexibility index (Phi) is 10.7. The summed E-state index contributed by atoms with van der Waals surface area (Å²) in [5.41, 5.74) is 2.05. The van der Waals surface area contributed by atoms with Crippen molar-refractivity contribution in [3.8, 4) is 0 Å². The first kappa shape index (κ1) is 31.9. The molecule has 1 saturated heterocycles. The van der Waals surface area contributed by atoms with E-state index in [2.05, 4.69) is 19.7 Å². The zero-order chi connectivity index (χ0) is 28.3.